The van der Waals surface area contributed by atoms with E-state index in [1.165, 1.54) is 23.7 Å². The van der Waals surface area contributed by atoms with Crippen molar-refractivity contribution in [2.24, 2.45) is 0 Å². The van der Waals surface area contributed by atoms with Gasteiger partial charge in [0.05, 0.1) is 0 Å². The second-order valence-electron chi connectivity index (χ2n) is 4.18. The molecule has 1 aromatic heterocycles. The topological polar surface area (TPSA) is 19.0 Å². The second-order valence-corrected chi connectivity index (χ2v) is 4.18. The lowest BCUT2D eigenvalue weighted by Gasteiger charge is -2.24. The quantitative estimate of drug-likeness (QED) is 0.672. The predicted molar refractivity (Wildman–Crippen MR) is 62.1 cm³/mol. The van der Waals surface area contributed by atoms with E-state index < -0.39 is 0 Å². The molecule has 2 aromatic rings. The van der Waals surface area contributed by atoms with Crippen LogP contribution in [-0.2, 0) is 0 Å². The molecule has 15 heavy (non-hydrogen) atoms. The van der Waals surface area contributed by atoms with Gasteiger partial charge < -0.3 is 4.57 Å². The smallest absolute Gasteiger partial charge is 0.0482 e. The van der Waals surface area contributed by atoms with Crippen molar-refractivity contribution in [3.8, 4) is 0 Å². The predicted octanol–water partition coefficient (Wildman–Crippen LogP) is 2.58. The van der Waals surface area contributed by atoms with E-state index in [9.17, 15) is 0 Å². The fraction of sp³-hybridized carbons (Fsp3) is 0.385. The van der Waals surface area contributed by atoms with E-state index in [1.54, 1.807) is 0 Å². The lowest BCUT2D eigenvalue weighted by Crippen LogP contribution is -2.24. The second kappa shape index (κ2) is 3.70. The van der Waals surface area contributed by atoms with E-state index >= 15 is 0 Å². The molecule has 0 N–H and O–H groups in total. The fourth-order valence-electron chi connectivity index (χ4n) is 2.44. The van der Waals surface area contributed by atoms with Crippen LogP contribution in [0.3, 0.4) is 0 Å². The van der Waals surface area contributed by atoms with Crippen LogP contribution in [0.25, 0.3) is 10.9 Å². The molecule has 0 unspecified atom stereocenters. The molecule has 2 heteroatoms. The zero-order chi connectivity index (χ0) is 10.1. The summed E-state index contributed by atoms with van der Waals surface area (Å²) in [6, 6.07) is 11.5. The first-order valence-electron chi connectivity index (χ1n) is 5.64. The van der Waals surface area contributed by atoms with Gasteiger partial charge in [0.25, 0.3) is 0 Å². The van der Waals surface area contributed by atoms with Gasteiger partial charge in [-0.05, 0) is 30.4 Å². The highest BCUT2D eigenvalue weighted by atomic mass is 15.0. The zero-order valence-electron chi connectivity index (χ0n) is 8.76. The van der Waals surface area contributed by atoms with Gasteiger partial charge in [0.1, 0.15) is 0 Å². The molecule has 0 saturated carbocycles. The van der Waals surface area contributed by atoms with Gasteiger partial charge >= 0.3 is 0 Å². The first kappa shape index (κ1) is 8.98. The summed E-state index contributed by atoms with van der Waals surface area (Å²) in [7, 11) is 0. The minimum absolute atomic E-state index is 0.655. The summed E-state index contributed by atoms with van der Waals surface area (Å²) in [5.41, 5.74) is 1.37. The van der Waals surface area contributed by atoms with Crippen molar-refractivity contribution in [1.82, 2.24) is 9.88 Å². The average molecular weight is 199 g/mol. The van der Waals surface area contributed by atoms with Crippen molar-refractivity contribution >= 4 is 10.9 Å². The molecule has 3 rings (SSSR count). The number of rotatable bonds is 1. The minimum atomic E-state index is 0.655. The summed E-state index contributed by atoms with van der Waals surface area (Å²) in [6.45, 7) is 2.05. The Morgan fingerprint density at radius 1 is 1.07 bits per heavy atom. The number of aromatic nitrogens is 1. The number of fused-ring (bicyclic) bond motifs is 1. The average Bonchev–Trinajstić information content (AvgIpc) is 2.74. The highest BCUT2D eigenvalue weighted by Gasteiger charge is 2.16. The van der Waals surface area contributed by atoms with E-state index in [-0.39, 0.29) is 0 Å². The van der Waals surface area contributed by atoms with E-state index in [0.717, 1.165) is 13.1 Å². The van der Waals surface area contributed by atoms with E-state index in [0.29, 0.717) is 6.04 Å². The number of piperidine rings is 1. The van der Waals surface area contributed by atoms with Gasteiger partial charge in [-0.2, -0.15) is 0 Å². The normalized spacial score (nSPS) is 18.4. The molecule has 2 nitrogen and oxygen atoms in total. The number of hydrogen-bond acceptors (Lipinski definition) is 0. The lowest BCUT2D eigenvalue weighted by atomic mass is 10.1. The maximum Gasteiger partial charge on any atom is 0.0482 e. The van der Waals surface area contributed by atoms with Gasteiger partial charge in [-0.1, -0.05) is 18.2 Å². The molecule has 1 aromatic carbocycles. The molecular formula is C13H15N2. The number of hydrogen-bond donors (Lipinski definition) is 0. The van der Waals surface area contributed by atoms with Gasteiger partial charge in [0.2, 0.25) is 0 Å². The highest BCUT2D eigenvalue weighted by molar-refractivity contribution is 5.80. The molecule has 0 spiro atoms. The van der Waals surface area contributed by atoms with Gasteiger partial charge in [-0.15, -0.1) is 0 Å². The Morgan fingerprint density at radius 2 is 1.87 bits per heavy atom. The molecule has 0 amide bonds. The largest absolute Gasteiger partial charge is 0.344 e. The third-order valence-corrected chi connectivity index (χ3v) is 3.26. The molecular weight excluding hydrogens is 184 g/mol. The Kier molecular flexibility index (Phi) is 2.22. The summed E-state index contributed by atoms with van der Waals surface area (Å²) in [4.78, 5) is 0. The molecule has 1 fully saturated rings. The van der Waals surface area contributed by atoms with E-state index in [2.05, 4.69) is 46.4 Å². The Balaban J connectivity index is 2.02. The molecule has 1 aliphatic heterocycles. The summed E-state index contributed by atoms with van der Waals surface area (Å²) in [5.74, 6) is 0. The Bertz CT molecular complexity index is 452. The summed E-state index contributed by atoms with van der Waals surface area (Å²) < 4.78 is 2.42. The zero-order valence-corrected chi connectivity index (χ0v) is 8.76. The monoisotopic (exact) mass is 199 g/mol. The molecule has 77 valence electrons. The van der Waals surface area contributed by atoms with Gasteiger partial charge in [0.15, 0.2) is 0 Å². The molecule has 0 aliphatic carbocycles. The Hall–Kier alpha value is -1.28. The molecule has 2 heterocycles. The summed E-state index contributed by atoms with van der Waals surface area (Å²) in [6.07, 6.45) is 4.61. The number of nitrogens with zero attached hydrogens (tertiary/aromatic N) is 2. The van der Waals surface area contributed by atoms with Crippen LogP contribution in [0.1, 0.15) is 18.9 Å². The molecule has 1 saturated heterocycles. The maximum atomic E-state index is 4.40. The summed E-state index contributed by atoms with van der Waals surface area (Å²) in [5, 5.41) is 5.75. The Morgan fingerprint density at radius 3 is 2.73 bits per heavy atom. The molecule has 0 atom stereocenters. The van der Waals surface area contributed by atoms with Crippen LogP contribution in [0.5, 0.6) is 0 Å². The van der Waals surface area contributed by atoms with Crippen LogP contribution in [0.15, 0.2) is 36.5 Å². The van der Waals surface area contributed by atoms with Crippen LogP contribution < -0.4 is 5.32 Å². The lowest BCUT2D eigenvalue weighted by molar-refractivity contribution is 0.371. The van der Waals surface area contributed by atoms with Gasteiger partial charge in [-0.3, -0.25) is 0 Å². The van der Waals surface area contributed by atoms with Crippen LogP contribution in [0, 0.1) is 0 Å². The number of benzene rings is 1. The van der Waals surface area contributed by atoms with Crippen LogP contribution in [-0.4, -0.2) is 17.7 Å². The van der Waals surface area contributed by atoms with Crippen LogP contribution in [0.2, 0.25) is 0 Å². The third kappa shape index (κ3) is 1.55. The van der Waals surface area contributed by atoms with Gasteiger partial charge in [-0.25, -0.2) is 5.32 Å². The minimum Gasteiger partial charge on any atom is -0.344 e. The van der Waals surface area contributed by atoms with Crippen molar-refractivity contribution in [2.75, 3.05) is 13.1 Å². The molecule has 1 aliphatic rings. The number of para-hydroxylation sites is 1. The standard InChI is InChI=1S/C13H15N2/c1-2-4-13-11(3-1)7-10-15(13)12-5-8-14-9-6-12/h1-4,7,10,12H,5-6,8-9H2. The maximum absolute atomic E-state index is 4.40. The molecule has 1 radical (unpaired) electrons. The van der Waals surface area contributed by atoms with E-state index in [1.807, 2.05) is 0 Å². The Labute approximate surface area is 89.9 Å². The van der Waals surface area contributed by atoms with Crippen LogP contribution in [0.4, 0.5) is 0 Å². The first-order valence-corrected chi connectivity index (χ1v) is 5.64. The molecule has 0 bridgehead atoms. The summed E-state index contributed by atoms with van der Waals surface area (Å²) >= 11 is 0. The van der Waals surface area contributed by atoms with Crippen molar-refractivity contribution in [3.63, 3.8) is 0 Å². The fourth-order valence-corrected chi connectivity index (χ4v) is 2.44. The highest BCUT2D eigenvalue weighted by Crippen LogP contribution is 2.25. The third-order valence-electron chi connectivity index (χ3n) is 3.26. The SMILES string of the molecule is c1ccc2c(c1)ccn2C1CC[N]CC1. The van der Waals surface area contributed by atoms with Crippen molar-refractivity contribution in [1.29, 1.82) is 0 Å². The van der Waals surface area contributed by atoms with E-state index in [4.69, 9.17) is 0 Å². The van der Waals surface area contributed by atoms with Crippen molar-refractivity contribution < 1.29 is 0 Å². The van der Waals surface area contributed by atoms with Crippen molar-refractivity contribution in [3.05, 3.63) is 36.5 Å². The van der Waals surface area contributed by atoms with Crippen molar-refractivity contribution in [2.45, 2.75) is 18.9 Å². The van der Waals surface area contributed by atoms with Crippen LogP contribution >= 0.6 is 0 Å². The van der Waals surface area contributed by atoms with Gasteiger partial charge in [0, 0.05) is 30.8 Å². The first-order chi connectivity index (χ1) is 7.45.